The summed E-state index contributed by atoms with van der Waals surface area (Å²) in [5, 5.41) is 14.7. The van der Waals surface area contributed by atoms with Crippen LogP contribution in [-0.4, -0.2) is 40.0 Å². The molecule has 3 aromatic rings. The Bertz CT molecular complexity index is 800. The zero-order valence-corrected chi connectivity index (χ0v) is 15.0. The highest BCUT2D eigenvalue weighted by atomic mass is 35.5. The molecule has 25 heavy (non-hydrogen) atoms. The van der Waals surface area contributed by atoms with Crippen molar-refractivity contribution >= 4 is 11.6 Å². The molecule has 0 aliphatic heterocycles. The topological polar surface area (TPSA) is 41.3 Å². The van der Waals surface area contributed by atoms with Crippen molar-refractivity contribution in [3.63, 3.8) is 0 Å². The van der Waals surface area contributed by atoms with Gasteiger partial charge < -0.3 is 5.11 Å². The van der Waals surface area contributed by atoms with E-state index in [2.05, 4.69) is 23.2 Å². The van der Waals surface area contributed by atoms with Gasteiger partial charge >= 0.3 is 0 Å². The van der Waals surface area contributed by atoms with Crippen molar-refractivity contribution in [1.29, 1.82) is 0 Å². The van der Waals surface area contributed by atoms with E-state index in [1.54, 1.807) is 0 Å². The van der Waals surface area contributed by atoms with E-state index < -0.39 is 0 Å². The number of nitrogens with zero attached hydrogens (tertiary/aromatic N) is 3. The van der Waals surface area contributed by atoms with Crippen LogP contribution in [0.15, 0.2) is 60.8 Å². The second-order valence-electron chi connectivity index (χ2n) is 6.15. The first-order valence-corrected chi connectivity index (χ1v) is 8.69. The predicted octanol–water partition coefficient (Wildman–Crippen LogP) is 3.68. The van der Waals surface area contributed by atoms with Crippen molar-refractivity contribution < 1.29 is 5.11 Å². The van der Waals surface area contributed by atoms with E-state index in [0.717, 1.165) is 29.9 Å². The standard InChI is InChI=1S/C20H22ClN3O/c1-23(11-12-25)14-18-15-24(13-16-5-3-2-4-6-16)22-20(18)17-7-9-19(21)10-8-17/h2-10,15,25H,11-14H2,1H3. The average molecular weight is 356 g/mol. The summed E-state index contributed by atoms with van der Waals surface area (Å²) in [6.45, 7) is 2.23. The van der Waals surface area contributed by atoms with E-state index in [4.69, 9.17) is 21.8 Å². The Kier molecular flexibility index (Phi) is 5.87. The van der Waals surface area contributed by atoms with Gasteiger partial charge in [0.1, 0.15) is 0 Å². The first-order chi connectivity index (χ1) is 12.2. The summed E-state index contributed by atoms with van der Waals surface area (Å²) < 4.78 is 1.97. The van der Waals surface area contributed by atoms with Gasteiger partial charge in [-0.2, -0.15) is 5.10 Å². The second kappa shape index (κ2) is 8.30. The molecular formula is C20H22ClN3O. The van der Waals surface area contributed by atoms with E-state index in [-0.39, 0.29) is 6.61 Å². The highest BCUT2D eigenvalue weighted by molar-refractivity contribution is 6.30. The van der Waals surface area contributed by atoms with Gasteiger partial charge in [-0.1, -0.05) is 54.1 Å². The lowest BCUT2D eigenvalue weighted by Gasteiger charge is -2.14. The highest BCUT2D eigenvalue weighted by Gasteiger charge is 2.13. The monoisotopic (exact) mass is 355 g/mol. The fourth-order valence-corrected chi connectivity index (χ4v) is 2.95. The van der Waals surface area contributed by atoms with Crippen LogP contribution in [0.2, 0.25) is 5.02 Å². The maximum Gasteiger partial charge on any atom is 0.0968 e. The molecule has 0 aliphatic rings. The molecule has 1 N–H and O–H groups in total. The third kappa shape index (κ3) is 4.69. The Labute approximate surface area is 153 Å². The zero-order chi connectivity index (χ0) is 17.6. The molecule has 0 fully saturated rings. The average Bonchev–Trinajstić information content (AvgIpc) is 2.99. The Morgan fingerprint density at radius 3 is 2.48 bits per heavy atom. The van der Waals surface area contributed by atoms with Crippen LogP contribution in [0.25, 0.3) is 11.3 Å². The first-order valence-electron chi connectivity index (χ1n) is 8.31. The summed E-state index contributed by atoms with van der Waals surface area (Å²) in [5.74, 6) is 0. The minimum Gasteiger partial charge on any atom is -0.395 e. The van der Waals surface area contributed by atoms with Crippen molar-refractivity contribution in [3.05, 3.63) is 76.9 Å². The number of hydrogen-bond acceptors (Lipinski definition) is 3. The van der Waals surface area contributed by atoms with Crippen LogP contribution in [0.3, 0.4) is 0 Å². The van der Waals surface area contributed by atoms with Gasteiger partial charge in [-0.25, -0.2) is 0 Å². The highest BCUT2D eigenvalue weighted by Crippen LogP contribution is 2.25. The van der Waals surface area contributed by atoms with Crippen molar-refractivity contribution in [3.8, 4) is 11.3 Å². The van der Waals surface area contributed by atoms with Crippen LogP contribution in [-0.2, 0) is 13.1 Å². The fourth-order valence-electron chi connectivity index (χ4n) is 2.82. The van der Waals surface area contributed by atoms with Gasteiger partial charge in [0.15, 0.2) is 0 Å². The Morgan fingerprint density at radius 2 is 1.80 bits per heavy atom. The van der Waals surface area contributed by atoms with Crippen LogP contribution >= 0.6 is 11.6 Å². The number of aromatic nitrogens is 2. The maximum atomic E-state index is 9.15. The summed E-state index contributed by atoms with van der Waals surface area (Å²) in [7, 11) is 2.00. The molecule has 1 heterocycles. The van der Waals surface area contributed by atoms with Crippen LogP contribution in [0.5, 0.6) is 0 Å². The molecule has 0 unspecified atom stereocenters. The lowest BCUT2D eigenvalue weighted by atomic mass is 10.1. The van der Waals surface area contributed by atoms with Gasteiger partial charge in [0.05, 0.1) is 18.8 Å². The largest absolute Gasteiger partial charge is 0.395 e. The smallest absolute Gasteiger partial charge is 0.0968 e. The lowest BCUT2D eigenvalue weighted by Crippen LogP contribution is -2.21. The van der Waals surface area contributed by atoms with Crippen LogP contribution in [0, 0.1) is 0 Å². The van der Waals surface area contributed by atoms with Crippen LogP contribution in [0.1, 0.15) is 11.1 Å². The van der Waals surface area contributed by atoms with E-state index in [0.29, 0.717) is 11.6 Å². The molecule has 4 nitrogen and oxygen atoms in total. The molecule has 0 saturated heterocycles. The lowest BCUT2D eigenvalue weighted by molar-refractivity contribution is 0.217. The number of hydrogen-bond donors (Lipinski definition) is 1. The van der Waals surface area contributed by atoms with Gasteiger partial charge in [-0.15, -0.1) is 0 Å². The maximum absolute atomic E-state index is 9.15. The number of halogens is 1. The quantitative estimate of drug-likeness (QED) is 0.703. The molecule has 3 rings (SSSR count). The molecule has 0 aliphatic carbocycles. The molecule has 0 atom stereocenters. The van der Waals surface area contributed by atoms with Gasteiger partial charge in [0.25, 0.3) is 0 Å². The van der Waals surface area contributed by atoms with Crippen LogP contribution in [0.4, 0.5) is 0 Å². The number of likely N-dealkylation sites (N-methyl/N-ethyl adjacent to an activating group) is 1. The van der Waals surface area contributed by atoms with Crippen molar-refractivity contribution in [2.45, 2.75) is 13.1 Å². The number of rotatable bonds is 7. The minimum absolute atomic E-state index is 0.144. The number of aliphatic hydroxyl groups is 1. The van der Waals surface area contributed by atoms with Gasteiger partial charge in [-0.3, -0.25) is 9.58 Å². The summed E-state index contributed by atoms with van der Waals surface area (Å²) in [6, 6.07) is 18.0. The molecule has 1 aromatic heterocycles. The molecule has 0 radical (unpaired) electrons. The normalized spacial score (nSPS) is 11.2. The Hall–Kier alpha value is -2.14. The Balaban J connectivity index is 1.91. The molecule has 0 spiro atoms. The molecule has 0 bridgehead atoms. The van der Waals surface area contributed by atoms with E-state index >= 15 is 0 Å². The fraction of sp³-hybridized carbons (Fsp3) is 0.250. The molecule has 2 aromatic carbocycles. The molecule has 0 amide bonds. The van der Waals surface area contributed by atoms with E-state index in [1.165, 1.54) is 5.56 Å². The predicted molar refractivity (Wildman–Crippen MR) is 102 cm³/mol. The van der Waals surface area contributed by atoms with Crippen molar-refractivity contribution in [1.82, 2.24) is 14.7 Å². The van der Waals surface area contributed by atoms with Gasteiger partial charge in [-0.05, 0) is 24.7 Å². The third-order valence-corrected chi connectivity index (χ3v) is 4.32. The zero-order valence-electron chi connectivity index (χ0n) is 14.3. The first kappa shape index (κ1) is 17.7. The van der Waals surface area contributed by atoms with Gasteiger partial charge in [0.2, 0.25) is 0 Å². The van der Waals surface area contributed by atoms with Crippen molar-refractivity contribution in [2.75, 3.05) is 20.2 Å². The summed E-state index contributed by atoms with van der Waals surface area (Å²) in [6.07, 6.45) is 2.09. The number of benzene rings is 2. The van der Waals surface area contributed by atoms with Crippen LogP contribution < -0.4 is 0 Å². The molecule has 130 valence electrons. The van der Waals surface area contributed by atoms with E-state index in [1.807, 2.05) is 54.2 Å². The summed E-state index contributed by atoms with van der Waals surface area (Å²) >= 11 is 6.02. The molecule has 5 heteroatoms. The second-order valence-corrected chi connectivity index (χ2v) is 6.59. The SMILES string of the molecule is CN(CCO)Cc1cn(Cc2ccccc2)nc1-c1ccc(Cl)cc1. The third-order valence-electron chi connectivity index (χ3n) is 4.06. The molecule has 0 saturated carbocycles. The summed E-state index contributed by atoms with van der Waals surface area (Å²) in [4.78, 5) is 2.09. The van der Waals surface area contributed by atoms with Gasteiger partial charge in [0, 0.05) is 35.4 Å². The van der Waals surface area contributed by atoms with Crippen molar-refractivity contribution in [2.24, 2.45) is 0 Å². The Morgan fingerprint density at radius 1 is 1.08 bits per heavy atom. The summed E-state index contributed by atoms with van der Waals surface area (Å²) in [5.41, 5.74) is 4.35. The minimum atomic E-state index is 0.144. The van der Waals surface area contributed by atoms with E-state index in [9.17, 15) is 0 Å². The molecular weight excluding hydrogens is 334 g/mol. The number of aliphatic hydroxyl groups excluding tert-OH is 1.